The van der Waals surface area contributed by atoms with Crippen molar-refractivity contribution in [2.45, 2.75) is 19.2 Å². The topological polar surface area (TPSA) is 116 Å². The Morgan fingerprint density at radius 1 is 1.15 bits per heavy atom. The summed E-state index contributed by atoms with van der Waals surface area (Å²) in [7, 11) is 2.96. The van der Waals surface area contributed by atoms with E-state index in [2.05, 4.69) is 15.3 Å². The van der Waals surface area contributed by atoms with Crippen LogP contribution in [0.25, 0.3) is 11.2 Å². The van der Waals surface area contributed by atoms with E-state index in [0.29, 0.717) is 23.3 Å². The zero-order chi connectivity index (χ0) is 23.5. The molecule has 3 heterocycles. The van der Waals surface area contributed by atoms with Crippen LogP contribution in [0.3, 0.4) is 0 Å². The molecular weight excluding hydrogens is 448 g/mol. The van der Waals surface area contributed by atoms with E-state index in [1.807, 2.05) is 12.1 Å². The number of ether oxygens (including phenoxy) is 1. The fraction of sp³-hybridized carbons (Fsp3) is 0.273. The number of fused-ring (bicyclic) bond motifs is 1. The number of nitrogens with one attached hydrogen (secondary N) is 1. The first-order valence-electron chi connectivity index (χ1n) is 10.2. The van der Waals surface area contributed by atoms with E-state index >= 15 is 0 Å². The molecule has 0 saturated carbocycles. The minimum Gasteiger partial charge on any atom is -0.491 e. The van der Waals surface area contributed by atoms with Crippen LogP contribution in [-0.4, -0.2) is 41.5 Å². The number of aliphatic hydroxyl groups excluding tert-OH is 1. The fourth-order valence-electron chi connectivity index (χ4n) is 3.43. The van der Waals surface area contributed by atoms with Gasteiger partial charge in [-0.05, 0) is 35.9 Å². The molecule has 2 N–H and O–H groups in total. The summed E-state index contributed by atoms with van der Waals surface area (Å²) in [4.78, 5) is 33.9. The number of aryl methyl sites for hydroxylation is 1. The first kappa shape index (κ1) is 22.6. The predicted molar refractivity (Wildman–Crippen MR) is 125 cm³/mol. The van der Waals surface area contributed by atoms with Gasteiger partial charge in [-0.1, -0.05) is 17.7 Å². The molecule has 4 aromatic rings. The number of nitrogens with zero attached hydrogens (tertiary/aromatic N) is 5. The molecule has 33 heavy (non-hydrogen) atoms. The van der Waals surface area contributed by atoms with Crippen LogP contribution in [0.1, 0.15) is 5.56 Å². The molecule has 0 aliphatic rings. The molecule has 4 rings (SSSR count). The Labute approximate surface area is 193 Å². The van der Waals surface area contributed by atoms with E-state index in [9.17, 15) is 14.7 Å². The van der Waals surface area contributed by atoms with Crippen molar-refractivity contribution in [2.75, 3.05) is 11.9 Å². The zero-order valence-corrected chi connectivity index (χ0v) is 18.9. The SMILES string of the molecule is Cn1c(=O)c2c(nc(NCc3cccnc3)n2C[C@H](O)COc2ccc(Cl)cc2)n(C)c1=O. The maximum absolute atomic E-state index is 12.9. The number of hydrogen-bond donors (Lipinski definition) is 2. The Morgan fingerprint density at radius 3 is 2.61 bits per heavy atom. The molecule has 0 aliphatic heterocycles. The van der Waals surface area contributed by atoms with Gasteiger partial charge >= 0.3 is 5.69 Å². The fourth-order valence-corrected chi connectivity index (χ4v) is 3.56. The van der Waals surface area contributed by atoms with E-state index in [1.54, 1.807) is 48.3 Å². The molecule has 1 aromatic carbocycles. The summed E-state index contributed by atoms with van der Waals surface area (Å²) >= 11 is 5.89. The van der Waals surface area contributed by atoms with Crippen molar-refractivity contribution >= 4 is 28.7 Å². The van der Waals surface area contributed by atoms with Gasteiger partial charge in [0.25, 0.3) is 5.56 Å². The van der Waals surface area contributed by atoms with Crippen molar-refractivity contribution in [1.29, 1.82) is 0 Å². The lowest BCUT2D eigenvalue weighted by Gasteiger charge is -2.16. The minimum absolute atomic E-state index is 0.0184. The highest BCUT2D eigenvalue weighted by atomic mass is 35.5. The van der Waals surface area contributed by atoms with Gasteiger partial charge in [0.1, 0.15) is 18.5 Å². The van der Waals surface area contributed by atoms with Crippen LogP contribution < -0.4 is 21.3 Å². The Kier molecular flexibility index (Phi) is 6.47. The van der Waals surface area contributed by atoms with E-state index in [-0.39, 0.29) is 24.3 Å². The van der Waals surface area contributed by atoms with Crippen LogP contribution in [0.5, 0.6) is 5.75 Å². The molecule has 0 saturated heterocycles. The highest BCUT2D eigenvalue weighted by Crippen LogP contribution is 2.19. The van der Waals surface area contributed by atoms with E-state index in [1.165, 1.54) is 11.6 Å². The molecule has 0 fully saturated rings. The normalized spacial score (nSPS) is 12.1. The zero-order valence-electron chi connectivity index (χ0n) is 18.1. The molecule has 10 nitrogen and oxygen atoms in total. The van der Waals surface area contributed by atoms with Gasteiger partial charge in [0.15, 0.2) is 11.2 Å². The summed E-state index contributed by atoms with van der Waals surface area (Å²) in [5, 5.41) is 14.4. The van der Waals surface area contributed by atoms with Crippen LogP contribution >= 0.6 is 11.6 Å². The molecule has 0 unspecified atom stereocenters. The van der Waals surface area contributed by atoms with E-state index in [0.717, 1.165) is 10.1 Å². The average molecular weight is 471 g/mol. The van der Waals surface area contributed by atoms with Gasteiger partial charge in [0.2, 0.25) is 5.95 Å². The second-order valence-corrected chi connectivity index (χ2v) is 7.99. The summed E-state index contributed by atoms with van der Waals surface area (Å²) in [6, 6.07) is 10.5. The summed E-state index contributed by atoms with van der Waals surface area (Å²) in [5.41, 5.74) is 0.356. The number of halogens is 1. The van der Waals surface area contributed by atoms with Gasteiger partial charge in [-0.2, -0.15) is 4.98 Å². The van der Waals surface area contributed by atoms with Crippen LogP contribution in [0, 0.1) is 0 Å². The second-order valence-electron chi connectivity index (χ2n) is 7.56. The number of pyridine rings is 1. The first-order chi connectivity index (χ1) is 15.8. The summed E-state index contributed by atoms with van der Waals surface area (Å²) < 4.78 is 9.53. The number of hydrogen-bond acceptors (Lipinski definition) is 7. The molecular formula is C22H23ClN6O4. The number of rotatable bonds is 8. The van der Waals surface area contributed by atoms with Gasteiger partial charge in [0.05, 0.1) is 6.54 Å². The molecule has 0 radical (unpaired) electrons. The van der Waals surface area contributed by atoms with Crippen LogP contribution in [-0.2, 0) is 27.2 Å². The molecule has 0 spiro atoms. The molecule has 0 bridgehead atoms. The third-order valence-electron chi connectivity index (χ3n) is 5.17. The number of imidazole rings is 1. The van der Waals surface area contributed by atoms with Crippen LogP contribution in [0.15, 0.2) is 58.4 Å². The lowest BCUT2D eigenvalue weighted by Crippen LogP contribution is -2.38. The van der Waals surface area contributed by atoms with E-state index < -0.39 is 17.4 Å². The van der Waals surface area contributed by atoms with Crippen molar-refractivity contribution in [3.05, 3.63) is 80.2 Å². The number of aliphatic hydroxyl groups is 1. The molecule has 0 amide bonds. The van der Waals surface area contributed by atoms with Crippen molar-refractivity contribution < 1.29 is 9.84 Å². The van der Waals surface area contributed by atoms with Gasteiger partial charge in [-0.3, -0.25) is 18.9 Å². The molecule has 1 atom stereocenters. The van der Waals surface area contributed by atoms with Gasteiger partial charge in [-0.15, -0.1) is 0 Å². The predicted octanol–water partition coefficient (Wildman–Crippen LogP) is 1.53. The summed E-state index contributed by atoms with van der Waals surface area (Å²) in [6.07, 6.45) is 2.43. The molecule has 11 heteroatoms. The minimum atomic E-state index is -0.959. The van der Waals surface area contributed by atoms with Crippen LogP contribution in [0.4, 0.5) is 5.95 Å². The monoisotopic (exact) mass is 470 g/mol. The standard InChI is InChI=1S/C22H23ClN6O4/c1-27-19-18(20(31)28(2)22(27)32)29(21(26-19)25-11-14-4-3-9-24-10-14)12-16(30)13-33-17-7-5-15(23)6-8-17/h3-10,16,30H,11-13H2,1-2H3,(H,25,26)/t16-/m0/s1. The van der Waals surface area contributed by atoms with Gasteiger partial charge < -0.3 is 19.7 Å². The lowest BCUT2D eigenvalue weighted by molar-refractivity contribution is 0.0938. The highest BCUT2D eigenvalue weighted by Gasteiger charge is 2.21. The van der Waals surface area contributed by atoms with Crippen molar-refractivity contribution in [2.24, 2.45) is 14.1 Å². The van der Waals surface area contributed by atoms with Crippen LogP contribution in [0.2, 0.25) is 5.02 Å². The highest BCUT2D eigenvalue weighted by molar-refractivity contribution is 6.30. The Bertz CT molecular complexity index is 1380. The summed E-state index contributed by atoms with van der Waals surface area (Å²) in [5.74, 6) is 0.903. The quantitative estimate of drug-likeness (QED) is 0.401. The third-order valence-corrected chi connectivity index (χ3v) is 5.42. The van der Waals surface area contributed by atoms with Crippen molar-refractivity contribution in [3.63, 3.8) is 0 Å². The van der Waals surface area contributed by atoms with Gasteiger partial charge in [-0.25, -0.2) is 4.79 Å². The largest absolute Gasteiger partial charge is 0.491 e. The first-order valence-corrected chi connectivity index (χ1v) is 10.6. The molecule has 0 aliphatic carbocycles. The average Bonchev–Trinajstić information content (AvgIpc) is 3.18. The Hall–Kier alpha value is -3.63. The Morgan fingerprint density at radius 2 is 1.91 bits per heavy atom. The molecule has 3 aromatic heterocycles. The second kappa shape index (κ2) is 9.47. The van der Waals surface area contributed by atoms with Gasteiger partial charge in [0, 0.05) is 38.1 Å². The summed E-state index contributed by atoms with van der Waals surface area (Å²) in [6.45, 7) is 0.394. The van der Waals surface area contributed by atoms with Crippen molar-refractivity contribution in [3.8, 4) is 5.75 Å². The Balaban J connectivity index is 1.65. The van der Waals surface area contributed by atoms with E-state index in [4.69, 9.17) is 16.3 Å². The lowest BCUT2D eigenvalue weighted by atomic mass is 10.3. The molecule has 172 valence electrons. The number of aromatic nitrogens is 5. The van der Waals surface area contributed by atoms with Crippen molar-refractivity contribution in [1.82, 2.24) is 23.7 Å². The third kappa shape index (κ3) is 4.76. The smallest absolute Gasteiger partial charge is 0.332 e. The number of benzene rings is 1. The number of anilines is 1. The maximum atomic E-state index is 12.9. The maximum Gasteiger partial charge on any atom is 0.332 e.